The van der Waals surface area contributed by atoms with Gasteiger partial charge in [-0.15, -0.1) is 0 Å². The van der Waals surface area contributed by atoms with E-state index in [1.54, 1.807) is 0 Å². The summed E-state index contributed by atoms with van der Waals surface area (Å²) < 4.78 is 5.64. The number of aliphatic carboxylic acids is 1. The van der Waals surface area contributed by atoms with Crippen molar-refractivity contribution in [2.75, 3.05) is 13.2 Å². The van der Waals surface area contributed by atoms with Crippen LogP contribution in [0.4, 0.5) is 0 Å². The predicted octanol–water partition coefficient (Wildman–Crippen LogP) is 2.23. The van der Waals surface area contributed by atoms with Crippen molar-refractivity contribution in [3.05, 3.63) is 29.8 Å². The number of ether oxygens (including phenoxy) is 1. The topological polar surface area (TPSA) is 66.8 Å². The molecule has 21 heavy (non-hydrogen) atoms. The van der Waals surface area contributed by atoms with E-state index in [4.69, 9.17) is 9.84 Å². The number of benzene rings is 1. The van der Waals surface area contributed by atoms with Gasteiger partial charge in [-0.3, -0.25) is 4.79 Å². The van der Waals surface area contributed by atoms with Crippen molar-refractivity contribution >= 4 is 11.9 Å². The first kappa shape index (κ1) is 15.4. The lowest BCUT2D eigenvalue weighted by molar-refractivity contribution is -0.148. The average molecular weight is 291 g/mol. The van der Waals surface area contributed by atoms with E-state index in [0.29, 0.717) is 32.4 Å². The van der Waals surface area contributed by atoms with Gasteiger partial charge in [-0.1, -0.05) is 18.2 Å². The second kappa shape index (κ2) is 7.11. The van der Waals surface area contributed by atoms with Gasteiger partial charge in [0.2, 0.25) is 5.91 Å². The molecule has 1 aromatic rings. The van der Waals surface area contributed by atoms with Gasteiger partial charge in [0.05, 0.1) is 6.61 Å². The number of para-hydroxylation sites is 1. The van der Waals surface area contributed by atoms with Crippen LogP contribution in [0.2, 0.25) is 0 Å². The lowest BCUT2D eigenvalue weighted by atomic mass is 10.2. The Kier molecular flexibility index (Phi) is 5.20. The standard InChI is InChI=1S/C16H21NO4/c1-12-6-2-3-8-14(12)21-11-5-9-15(18)17-10-4-7-13(17)16(19)20/h2-3,6,8,13H,4-5,7,9-11H2,1H3,(H,19,20)/t13-/m0/s1. The summed E-state index contributed by atoms with van der Waals surface area (Å²) in [6.45, 7) is 2.98. The fourth-order valence-electron chi connectivity index (χ4n) is 2.59. The zero-order valence-corrected chi connectivity index (χ0v) is 12.2. The van der Waals surface area contributed by atoms with Crippen LogP contribution in [-0.4, -0.2) is 41.1 Å². The Morgan fingerprint density at radius 3 is 2.86 bits per heavy atom. The summed E-state index contributed by atoms with van der Waals surface area (Å²) in [5.74, 6) is -0.167. The van der Waals surface area contributed by atoms with E-state index in [2.05, 4.69) is 0 Å². The van der Waals surface area contributed by atoms with E-state index < -0.39 is 12.0 Å². The third-order valence-electron chi connectivity index (χ3n) is 3.74. The van der Waals surface area contributed by atoms with Crippen LogP contribution < -0.4 is 4.74 Å². The van der Waals surface area contributed by atoms with Crippen molar-refractivity contribution in [3.63, 3.8) is 0 Å². The zero-order valence-electron chi connectivity index (χ0n) is 12.2. The van der Waals surface area contributed by atoms with E-state index in [-0.39, 0.29) is 5.91 Å². The lowest BCUT2D eigenvalue weighted by Gasteiger charge is -2.21. The molecule has 114 valence electrons. The molecule has 1 saturated heterocycles. The van der Waals surface area contributed by atoms with Crippen LogP contribution in [0.25, 0.3) is 0 Å². The summed E-state index contributed by atoms with van der Waals surface area (Å²) in [6.07, 6.45) is 2.24. The maximum absolute atomic E-state index is 12.0. The Labute approximate surface area is 124 Å². The van der Waals surface area contributed by atoms with Crippen molar-refractivity contribution in [2.24, 2.45) is 0 Å². The molecule has 1 aliphatic heterocycles. The lowest BCUT2D eigenvalue weighted by Crippen LogP contribution is -2.40. The van der Waals surface area contributed by atoms with Gasteiger partial charge in [-0.05, 0) is 37.8 Å². The molecule has 5 nitrogen and oxygen atoms in total. The van der Waals surface area contributed by atoms with Crippen molar-refractivity contribution in [3.8, 4) is 5.75 Å². The molecule has 5 heteroatoms. The summed E-state index contributed by atoms with van der Waals surface area (Å²) in [5.41, 5.74) is 1.06. The number of amides is 1. The van der Waals surface area contributed by atoms with E-state index >= 15 is 0 Å². The number of carbonyl (C=O) groups is 2. The fourth-order valence-corrected chi connectivity index (χ4v) is 2.59. The van der Waals surface area contributed by atoms with Crippen LogP contribution in [0.15, 0.2) is 24.3 Å². The summed E-state index contributed by atoms with van der Waals surface area (Å²) in [4.78, 5) is 24.6. The first-order valence-corrected chi connectivity index (χ1v) is 7.30. The molecule has 0 radical (unpaired) electrons. The van der Waals surface area contributed by atoms with Gasteiger partial charge >= 0.3 is 5.97 Å². The highest BCUT2D eigenvalue weighted by molar-refractivity contribution is 5.84. The van der Waals surface area contributed by atoms with Gasteiger partial charge in [0.15, 0.2) is 0 Å². The Balaban J connectivity index is 1.75. The van der Waals surface area contributed by atoms with Gasteiger partial charge in [0, 0.05) is 13.0 Å². The maximum atomic E-state index is 12.0. The highest BCUT2D eigenvalue weighted by Crippen LogP contribution is 2.19. The summed E-state index contributed by atoms with van der Waals surface area (Å²) in [7, 11) is 0. The third-order valence-corrected chi connectivity index (χ3v) is 3.74. The molecular weight excluding hydrogens is 270 g/mol. The molecule has 0 unspecified atom stereocenters. The van der Waals surface area contributed by atoms with E-state index in [0.717, 1.165) is 17.7 Å². The molecule has 1 N–H and O–H groups in total. The molecule has 0 spiro atoms. The quantitative estimate of drug-likeness (QED) is 0.816. The smallest absolute Gasteiger partial charge is 0.326 e. The number of carboxylic acids is 1. The Bertz CT molecular complexity index is 515. The van der Waals surface area contributed by atoms with Gasteiger partial charge in [-0.2, -0.15) is 0 Å². The van der Waals surface area contributed by atoms with E-state index in [1.165, 1.54) is 4.90 Å². The number of likely N-dealkylation sites (tertiary alicyclic amines) is 1. The molecule has 1 amide bonds. The van der Waals surface area contributed by atoms with Crippen LogP contribution >= 0.6 is 0 Å². The number of hydrogen-bond donors (Lipinski definition) is 1. The average Bonchev–Trinajstić information content (AvgIpc) is 2.95. The van der Waals surface area contributed by atoms with Crippen molar-refractivity contribution in [1.82, 2.24) is 4.90 Å². The Morgan fingerprint density at radius 1 is 1.38 bits per heavy atom. The Hall–Kier alpha value is -2.04. The fraction of sp³-hybridized carbons (Fsp3) is 0.500. The molecular formula is C16H21NO4. The SMILES string of the molecule is Cc1ccccc1OCCCC(=O)N1CCC[C@H]1C(=O)O. The number of carbonyl (C=O) groups excluding carboxylic acids is 1. The first-order chi connectivity index (χ1) is 10.1. The van der Waals surface area contributed by atoms with Crippen molar-refractivity contribution < 1.29 is 19.4 Å². The number of hydrogen-bond acceptors (Lipinski definition) is 3. The minimum atomic E-state index is -0.906. The molecule has 1 fully saturated rings. The summed E-state index contributed by atoms with van der Waals surface area (Å²) >= 11 is 0. The molecule has 0 saturated carbocycles. The summed E-state index contributed by atoms with van der Waals surface area (Å²) in [5, 5.41) is 9.06. The molecule has 0 bridgehead atoms. The van der Waals surface area contributed by atoms with Crippen LogP contribution in [0.3, 0.4) is 0 Å². The van der Waals surface area contributed by atoms with Crippen LogP contribution in [0.5, 0.6) is 5.75 Å². The molecule has 0 aromatic heterocycles. The normalized spacial score (nSPS) is 17.8. The molecule has 1 aromatic carbocycles. The van der Waals surface area contributed by atoms with Crippen LogP contribution in [0, 0.1) is 6.92 Å². The maximum Gasteiger partial charge on any atom is 0.326 e. The van der Waals surface area contributed by atoms with Gasteiger partial charge in [-0.25, -0.2) is 4.79 Å². The highest BCUT2D eigenvalue weighted by Gasteiger charge is 2.33. The van der Waals surface area contributed by atoms with Crippen molar-refractivity contribution in [2.45, 2.75) is 38.6 Å². The largest absolute Gasteiger partial charge is 0.493 e. The molecule has 1 aliphatic rings. The monoisotopic (exact) mass is 291 g/mol. The second-order valence-corrected chi connectivity index (χ2v) is 5.30. The molecule has 1 heterocycles. The highest BCUT2D eigenvalue weighted by atomic mass is 16.5. The third kappa shape index (κ3) is 3.97. The minimum Gasteiger partial charge on any atom is -0.493 e. The number of rotatable bonds is 6. The molecule has 0 aliphatic carbocycles. The molecule has 2 rings (SSSR count). The number of aryl methyl sites for hydroxylation is 1. The minimum absolute atomic E-state index is 0.0896. The van der Waals surface area contributed by atoms with Gasteiger partial charge in [0.25, 0.3) is 0 Å². The summed E-state index contributed by atoms with van der Waals surface area (Å²) in [6, 6.07) is 7.09. The molecule has 1 atom stereocenters. The van der Waals surface area contributed by atoms with Gasteiger partial charge < -0.3 is 14.7 Å². The van der Waals surface area contributed by atoms with Crippen molar-refractivity contribution in [1.29, 1.82) is 0 Å². The zero-order chi connectivity index (χ0) is 15.2. The Morgan fingerprint density at radius 2 is 2.14 bits per heavy atom. The second-order valence-electron chi connectivity index (χ2n) is 5.30. The van der Waals surface area contributed by atoms with E-state index in [1.807, 2.05) is 31.2 Å². The predicted molar refractivity (Wildman–Crippen MR) is 78.3 cm³/mol. The number of nitrogens with zero attached hydrogens (tertiary/aromatic N) is 1. The van der Waals surface area contributed by atoms with Crippen LogP contribution in [-0.2, 0) is 9.59 Å². The first-order valence-electron chi connectivity index (χ1n) is 7.30. The van der Waals surface area contributed by atoms with E-state index in [9.17, 15) is 9.59 Å². The van der Waals surface area contributed by atoms with Crippen LogP contribution in [0.1, 0.15) is 31.2 Å². The van der Waals surface area contributed by atoms with Gasteiger partial charge in [0.1, 0.15) is 11.8 Å². The number of carboxylic acid groups (broad SMARTS) is 1.